The Kier molecular flexibility index (Phi) is 2.86. The first kappa shape index (κ1) is 12.0. The van der Waals surface area contributed by atoms with Crippen LogP contribution in [-0.4, -0.2) is 38.1 Å². The SMILES string of the molecule is Cn1cc(C(=O)NC2=NCCS2)c2n[nH]c(=O)c-2c1. The van der Waals surface area contributed by atoms with Gasteiger partial charge in [-0.05, 0) is 0 Å². The number of hydrogen-bond acceptors (Lipinski definition) is 5. The van der Waals surface area contributed by atoms with E-state index in [2.05, 4.69) is 20.5 Å². The Hall–Kier alpha value is -2.09. The van der Waals surface area contributed by atoms with Gasteiger partial charge in [-0.25, -0.2) is 5.10 Å². The number of aromatic amines is 1. The van der Waals surface area contributed by atoms with Crippen molar-refractivity contribution in [2.24, 2.45) is 12.0 Å². The number of rotatable bonds is 1. The third kappa shape index (κ3) is 2.14. The van der Waals surface area contributed by atoms with Gasteiger partial charge in [-0.3, -0.25) is 14.6 Å². The van der Waals surface area contributed by atoms with E-state index in [1.807, 2.05) is 0 Å². The van der Waals surface area contributed by atoms with E-state index in [9.17, 15) is 9.59 Å². The van der Waals surface area contributed by atoms with E-state index < -0.39 is 0 Å². The average Bonchev–Trinajstić information content (AvgIpc) is 2.99. The van der Waals surface area contributed by atoms with Crippen LogP contribution < -0.4 is 10.9 Å². The summed E-state index contributed by atoms with van der Waals surface area (Å²) >= 11 is 1.50. The van der Waals surface area contributed by atoms with Crippen LogP contribution in [0.15, 0.2) is 22.2 Å². The molecule has 0 fully saturated rings. The summed E-state index contributed by atoms with van der Waals surface area (Å²) in [5, 5.41) is 9.60. The lowest BCUT2D eigenvalue weighted by molar-refractivity contribution is 0.0977. The van der Waals surface area contributed by atoms with Gasteiger partial charge in [-0.2, -0.15) is 5.10 Å². The van der Waals surface area contributed by atoms with Gasteiger partial charge >= 0.3 is 0 Å². The van der Waals surface area contributed by atoms with Gasteiger partial charge in [0.1, 0.15) is 5.69 Å². The Labute approximate surface area is 112 Å². The zero-order chi connectivity index (χ0) is 13.4. The van der Waals surface area contributed by atoms with Crippen LogP contribution in [0.1, 0.15) is 10.4 Å². The van der Waals surface area contributed by atoms with Crippen LogP contribution in [0.3, 0.4) is 0 Å². The van der Waals surface area contributed by atoms with Gasteiger partial charge in [0.15, 0.2) is 5.17 Å². The molecule has 0 saturated carbocycles. The lowest BCUT2D eigenvalue weighted by Gasteiger charge is -2.09. The minimum atomic E-state index is -0.305. The number of thioether (sulfide) groups is 1. The predicted molar refractivity (Wildman–Crippen MR) is 72.7 cm³/mol. The standard InChI is InChI=1S/C11H11N5O2S/c1-16-4-6(8-7(5-16)10(18)15-14-8)9(17)13-11-12-2-3-19-11/h4-5H,2-3H2,1H3,(H,15,18)(H,12,13,17). The van der Waals surface area contributed by atoms with Crippen molar-refractivity contribution in [3.63, 3.8) is 0 Å². The van der Waals surface area contributed by atoms with Crippen LogP contribution in [0.5, 0.6) is 0 Å². The summed E-state index contributed by atoms with van der Waals surface area (Å²) in [5.74, 6) is 0.571. The Morgan fingerprint density at radius 1 is 1.53 bits per heavy atom. The van der Waals surface area contributed by atoms with E-state index in [1.54, 1.807) is 24.0 Å². The van der Waals surface area contributed by atoms with E-state index >= 15 is 0 Å². The number of carbonyl (C=O) groups is 1. The highest BCUT2D eigenvalue weighted by molar-refractivity contribution is 8.14. The van der Waals surface area contributed by atoms with E-state index in [0.29, 0.717) is 28.5 Å². The number of aliphatic imine (C=N–C) groups is 1. The summed E-state index contributed by atoms with van der Waals surface area (Å²) in [6.07, 6.45) is 3.28. The van der Waals surface area contributed by atoms with Gasteiger partial charge in [-0.15, -0.1) is 0 Å². The largest absolute Gasteiger partial charge is 0.356 e. The Morgan fingerprint density at radius 2 is 2.37 bits per heavy atom. The number of amides is 1. The van der Waals surface area contributed by atoms with Crippen LogP contribution in [0.25, 0.3) is 11.3 Å². The maximum absolute atomic E-state index is 12.2. The molecule has 3 rings (SSSR count). The molecule has 0 aromatic carbocycles. The average molecular weight is 277 g/mol. The highest BCUT2D eigenvalue weighted by atomic mass is 32.2. The molecule has 98 valence electrons. The number of H-pyrrole nitrogens is 1. The molecule has 3 aliphatic rings. The lowest BCUT2D eigenvalue weighted by atomic mass is 10.1. The van der Waals surface area contributed by atoms with Crippen molar-refractivity contribution in [3.05, 3.63) is 28.3 Å². The number of aromatic nitrogens is 3. The first-order valence-electron chi connectivity index (χ1n) is 5.68. The number of nitrogens with one attached hydrogen (secondary N) is 2. The smallest absolute Gasteiger partial charge is 0.275 e. The fourth-order valence-corrected chi connectivity index (χ4v) is 2.63. The third-order valence-electron chi connectivity index (χ3n) is 2.74. The first-order chi connectivity index (χ1) is 9.15. The van der Waals surface area contributed by atoms with Crippen molar-refractivity contribution in [1.82, 2.24) is 20.1 Å². The summed E-state index contributed by atoms with van der Waals surface area (Å²) in [7, 11) is 1.75. The minimum absolute atomic E-state index is 0.298. The molecule has 2 N–H and O–H groups in total. The molecule has 3 aliphatic heterocycles. The molecular weight excluding hydrogens is 266 g/mol. The second-order valence-corrected chi connectivity index (χ2v) is 5.23. The van der Waals surface area contributed by atoms with E-state index in [4.69, 9.17) is 0 Å². The molecule has 0 saturated heterocycles. The highest BCUT2D eigenvalue weighted by Gasteiger charge is 2.22. The summed E-state index contributed by atoms with van der Waals surface area (Å²) in [4.78, 5) is 27.9. The maximum Gasteiger partial charge on any atom is 0.275 e. The van der Waals surface area contributed by atoms with Crippen LogP contribution in [0, 0.1) is 0 Å². The molecule has 0 aliphatic carbocycles. The number of carbonyl (C=O) groups excluding carboxylic acids is 1. The molecule has 0 aromatic rings. The Morgan fingerprint density at radius 3 is 3.11 bits per heavy atom. The summed E-state index contributed by atoms with van der Waals surface area (Å²) < 4.78 is 1.66. The monoisotopic (exact) mass is 277 g/mol. The molecule has 1 amide bonds. The van der Waals surface area contributed by atoms with Gasteiger partial charge in [-0.1, -0.05) is 11.8 Å². The third-order valence-corrected chi connectivity index (χ3v) is 3.63. The summed E-state index contributed by atoms with van der Waals surface area (Å²) in [5.41, 5.74) is 0.835. The molecule has 0 spiro atoms. The fourth-order valence-electron chi connectivity index (χ4n) is 1.91. The van der Waals surface area contributed by atoms with Crippen molar-refractivity contribution in [1.29, 1.82) is 0 Å². The molecule has 0 atom stereocenters. The second kappa shape index (κ2) is 4.54. The van der Waals surface area contributed by atoms with Crippen LogP contribution in [0.4, 0.5) is 0 Å². The number of nitrogens with zero attached hydrogens (tertiary/aromatic N) is 3. The zero-order valence-corrected chi connectivity index (χ0v) is 11.0. The van der Waals surface area contributed by atoms with Crippen molar-refractivity contribution in [3.8, 4) is 11.3 Å². The first-order valence-corrected chi connectivity index (χ1v) is 6.66. The number of hydrogen-bond donors (Lipinski definition) is 2. The van der Waals surface area contributed by atoms with Gasteiger partial charge in [0.2, 0.25) is 0 Å². The number of pyridine rings is 1. The normalized spacial score (nSPS) is 14.7. The van der Waals surface area contributed by atoms with Crippen LogP contribution >= 0.6 is 11.8 Å². The minimum Gasteiger partial charge on any atom is -0.356 e. The van der Waals surface area contributed by atoms with Gasteiger partial charge in [0.05, 0.1) is 17.7 Å². The van der Waals surface area contributed by atoms with Crippen molar-refractivity contribution < 1.29 is 4.79 Å². The summed E-state index contributed by atoms with van der Waals surface area (Å²) in [6.45, 7) is 0.714. The second-order valence-electron chi connectivity index (χ2n) is 4.14. The van der Waals surface area contributed by atoms with Crippen molar-refractivity contribution in [2.45, 2.75) is 0 Å². The molecule has 3 heterocycles. The van der Waals surface area contributed by atoms with Gasteiger partial charge < -0.3 is 9.88 Å². The molecule has 0 aromatic heterocycles. The van der Waals surface area contributed by atoms with Crippen molar-refractivity contribution in [2.75, 3.05) is 12.3 Å². The quantitative estimate of drug-likeness (QED) is 0.770. The molecule has 0 unspecified atom stereocenters. The van der Waals surface area contributed by atoms with E-state index in [-0.39, 0.29) is 11.5 Å². The zero-order valence-electron chi connectivity index (χ0n) is 10.1. The van der Waals surface area contributed by atoms with Crippen molar-refractivity contribution >= 4 is 22.8 Å². The topological polar surface area (TPSA) is 92.1 Å². The number of aryl methyl sites for hydroxylation is 1. The van der Waals surface area contributed by atoms with Crippen LogP contribution in [0.2, 0.25) is 0 Å². The van der Waals surface area contributed by atoms with E-state index in [0.717, 1.165) is 5.75 Å². The van der Waals surface area contributed by atoms with Gasteiger partial charge in [0, 0.05) is 25.2 Å². The van der Waals surface area contributed by atoms with Gasteiger partial charge in [0.25, 0.3) is 11.5 Å². The van der Waals surface area contributed by atoms with Crippen LogP contribution in [-0.2, 0) is 7.05 Å². The number of fused-ring (bicyclic) bond motifs is 1. The predicted octanol–water partition coefficient (Wildman–Crippen LogP) is 0.0458. The fraction of sp³-hybridized carbons (Fsp3) is 0.273. The molecule has 19 heavy (non-hydrogen) atoms. The lowest BCUT2D eigenvalue weighted by Crippen LogP contribution is -2.28. The molecule has 0 radical (unpaired) electrons. The molecular formula is C11H11N5O2S. The maximum atomic E-state index is 12.2. The van der Waals surface area contributed by atoms with E-state index in [1.165, 1.54) is 11.8 Å². The highest BCUT2D eigenvalue weighted by Crippen LogP contribution is 2.19. The Balaban J connectivity index is 1.99. The Bertz CT molecular complexity index is 702. The molecule has 8 heteroatoms. The summed E-state index contributed by atoms with van der Waals surface area (Å²) in [6, 6.07) is 0. The molecule has 0 bridgehead atoms. The number of amidine groups is 1. The molecule has 7 nitrogen and oxygen atoms in total.